The standard InChI is InChI=1S/C16H29NO2/c1-12-4-3-5-15(13(12)2)17-14-6-8-16(9-7-14)18-10-11-19-16/h12-15,17H,3-11H2,1-2H3. The molecule has 3 unspecified atom stereocenters. The van der Waals surface area contributed by atoms with Gasteiger partial charge in [-0.15, -0.1) is 0 Å². The van der Waals surface area contributed by atoms with Crippen LogP contribution in [0.25, 0.3) is 0 Å². The second kappa shape index (κ2) is 5.71. The van der Waals surface area contributed by atoms with Gasteiger partial charge in [0.1, 0.15) is 0 Å². The molecule has 19 heavy (non-hydrogen) atoms. The summed E-state index contributed by atoms with van der Waals surface area (Å²) in [4.78, 5) is 0. The minimum absolute atomic E-state index is 0.205. The number of rotatable bonds is 2. The molecule has 2 saturated carbocycles. The molecule has 0 radical (unpaired) electrons. The summed E-state index contributed by atoms with van der Waals surface area (Å²) in [5, 5.41) is 3.93. The lowest BCUT2D eigenvalue weighted by molar-refractivity contribution is -0.180. The average Bonchev–Trinajstić information content (AvgIpc) is 2.86. The smallest absolute Gasteiger partial charge is 0.168 e. The summed E-state index contributed by atoms with van der Waals surface area (Å²) in [7, 11) is 0. The molecule has 1 spiro atoms. The lowest BCUT2D eigenvalue weighted by Crippen LogP contribution is -2.49. The second-order valence-corrected chi connectivity index (χ2v) is 6.92. The molecule has 1 N–H and O–H groups in total. The van der Waals surface area contributed by atoms with Crippen LogP contribution in [-0.4, -0.2) is 31.1 Å². The van der Waals surface area contributed by atoms with Crippen molar-refractivity contribution in [2.75, 3.05) is 13.2 Å². The van der Waals surface area contributed by atoms with E-state index in [-0.39, 0.29) is 5.79 Å². The van der Waals surface area contributed by atoms with Gasteiger partial charge in [-0.05, 0) is 31.1 Å². The monoisotopic (exact) mass is 267 g/mol. The molecule has 3 rings (SSSR count). The Morgan fingerprint density at radius 2 is 1.63 bits per heavy atom. The molecule has 0 amide bonds. The first-order valence-electron chi connectivity index (χ1n) is 8.22. The normalized spacial score (nSPS) is 39.8. The van der Waals surface area contributed by atoms with Crippen molar-refractivity contribution >= 4 is 0 Å². The molecular formula is C16H29NO2. The Balaban J connectivity index is 1.49. The highest BCUT2D eigenvalue weighted by Crippen LogP contribution is 2.37. The molecule has 3 heteroatoms. The van der Waals surface area contributed by atoms with Crippen LogP contribution in [0.2, 0.25) is 0 Å². The molecule has 1 heterocycles. The van der Waals surface area contributed by atoms with Crippen molar-refractivity contribution in [1.82, 2.24) is 5.32 Å². The number of ether oxygens (including phenoxy) is 2. The number of nitrogens with one attached hydrogen (secondary N) is 1. The fourth-order valence-electron chi connectivity index (χ4n) is 4.13. The lowest BCUT2D eigenvalue weighted by Gasteiger charge is -2.41. The van der Waals surface area contributed by atoms with Crippen LogP contribution in [0.3, 0.4) is 0 Å². The van der Waals surface area contributed by atoms with Crippen LogP contribution in [0, 0.1) is 11.8 Å². The van der Waals surface area contributed by atoms with Crippen molar-refractivity contribution in [3.63, 3.8) is 0 Å². The van der Waals surface area contributed by atoms with Gasteiger partial charge in [0.2, 0.25) is 0 Å². The molecule has 110 valence electrons. The van der Waals surface area contributed by atoms with Crippen LogP contribution in [0.1, 0.15) is 58.8 Å². The molecule has 0 bridgehead atoms. The van der Waals surface area contributed by atoms with E-state index in [1.54, 1.807) is 0 Å². The minimum atomic E-state index is -0.205. The summed E-state index contributed by atoms with van der Waals surface area (Å²) in [6.07, 6.45) is 8.72. The van der Waals surface area contributed by atoms with Crippen molar-refractivity contribution in [2.45, 2.75) is 76.7 Å². The van der Waals surface area contributed by atoms with Gasteiger partial charge in [0, 0.05) is 24.9 Å². The molecule has 0 aromatic rings. The van der Waals surface area contributed by atoms with E-state index in [0.717, 1.165) is 43.9 Å². The third-order valence-electron chi connectivity index (χ3n) is 5.72. The van der Waals surface area contributed by atoms with Crippen molar-refractivity contribution in [3.05, 3.63) is 0 Å². The molecule has 0 aromatic carbocycles. The second-order valence-electron chi connectivity index (χ2n) is 6.92. The number of hydrogen-bond acceptors (Lipinski definition) is 3. The molecule has 3 nitrogen and oxygen atoms in total. The summed E-state index contributed by atoms with van der Waals surface area (Å²) >= 11 is 0. The van der Waals surface area contributed by atoms with Gasteiger partial charge >= 0.3 is 0 Å². The third kappa shape index (κ3) is 2.98. The topological polar surface area (TPSA) is 30.5 Å². The van der Waals surface area contributed by atoms with Crippen molar-refractivity contribution in [2.24, 2.45) is 11.8 Å². The fourth-order valence-corrected chi connectivity index (χ4v) is 4.13. The molecule has 1 saturated heterocycles. The maximum absolute atomic E-state index is 5.81. The first-order valence-corrected chi connectivity index (χ1v) is 8.22. The minimum Gasteiger partial charge on any atom is -0.348 e. The van der Waals surface area contributed by atoms with E-state index in [2.05, 4.69) is 19.2 Å². The van der Waals surface area contributed by atoms with E-state index >= 15 is 0 Å². The van der Waals surface area contributed by atoms with Gasteiger partial charge < -0.3 is 14.8 Å². The molecular weight excluding hydrogens is 238 g/mol. The summed E-state index contributed by atoms with van der Waals surface area (Å²) in [5.41, 5.74) is 0. The molecule has 3 aliphatic rings. The summed E-state index contributed by atoms with van der Waals surface area (Å²) in [6.45, 7) is 6.41. The van der Waals surface area contributed by atoms with Crippen molar-refractivity contribution in [1.29, 1.82) is 0 Å². The molecule has 3 fully saturated rings. The zero-order valence-corrected chi connectivity index (χ0v) is 12.5. The van der Waals surface area contributed by atoms with Crippen molar-refractivity contribution in [3.8, 4) is 0 Å². The van der Waals surface area contributed by atoms with E-state index in [0.29, 0.717) is 6.04 Å². The van der Waals surface area contributed by atoms with Crippen molar-refractivity contribution < 1.29 is 9.47 Å². The van der Waals surface area contributed by atoms with Crippen LogP contribution in [0.15, 0.2) is 0 Å². The Morgan fingerprint density at radius 1 is 0.947 bits per heavy atom. The molecule has 1 aliphatic heterocycles. The highest BCUT2D eigenvalue weighted by Gasteiger charge is 2.41. The predicted octanol–water partition coefficient (Wildman–Crippen LogP) is 3.09. The van der Waals surface area contributed by atoms with Gasteiger partial charge in [0.25, 0.3) is 0 Å². The van der Waals surface area contributed by atoms with Gasteiger partial charge in [-0.1, -0.05) is 26.7 Å². The van der Waals surface area contributed by atoms with Gasteiger partial charge in [0.15, 0.2) is 5.79 Å². The molecule has 2 aliphatic carbocycles. The Bertz CT molecular complexity index is 291. The maximum Gasteiger partial charge on any atom is 0.168 e. The predicted molar refractivity (Wildman–Crippen MR) is 76.0 cm³/mol. The molecule has 3 atom stereocenters. The highest BCUT2D eigenvalue weighted by atomic mass is 16.7. The quantitative estimate of drug-likeness (QED) is 0.834. The van der Waals surface area contributed by atoms with Gasteiger partial charge in [0.05, 0.1) is 13.2 Å². The van der Waals surface area contributed by atoms with Crippen LogP contribution < -0.4 is 5.32 Å². The molecule has 0 aromatic heterocycles. The van der Waals surface area contributed by atoms with E-state index < -0.39 is 0 Å². The SMILES string of the molecule is CC1CCCC(NC2CCC3(CC2)OCCO3)C1C. The first kappa shape index (κ1) is 13.8. The van der Waals surface area contributed by atoms with Crippen LogP contribution in [-0.2, 0) is 9.47 Å². The third-order valence-corrected chi connectivity index (χ3v) is 5.72. The first-order chi connectivity index (χ1) is 9.19. The summed E-state index contributed by atoms with van der Waals surface area (Å²) in [5.74, 6) is 1.50. The average molecular weight is 267 g/mol. The Kier molecular flexibility index (Phi) is 4.16. The van der Waals surface area contributed by atoms with Gasteiger partial charge in [-0.25, -0.2) is 0 Å². The van der Waals surface area contributed by atoms with Crippen LogP contribution in [0.5, 0.6) is 0 Å². The Hall–Kier alpha value is -0.120. The van der Waals surface area contributed by atoms with Gasteiger partial charge in [-0.2, -0.15) is 0 Å². The summed E-state index contributed by atoms with van der Waals surface area (Å²) < 4.78 is 11.6. The van der Waals surface area contributed by atoms with Crippen LogP contribution in [0.4, 0.5) is 0 Å². The number of hydrogen-bond donors (Lipinski definition) is 1. The lowest BCUT2D eigenvalue weighted by atomic mass is 9.77. The zero-order chi connectivity index (χ0) is 13.3. The highest BCUT2D eigenvalue weighted by molar-refractivity contribution is 4.90. The zero-order valence-electron chi connectivity index (χ0n) is 12.5. The van der Waals surface area contributed by atoms with Crippen LogP contribution >= 0.6 is 0 Å². The maximum atomic E-state index is 5.81. The fraction of sp³-hybridized carbons (Fsp3) is 1.00. The largest absolute Gasteiger partial charge is 0.348 e. The van der Waals surface area contributed by atoms with E-state index in [9.17, 15) is 0 Å². The summed E-state index contributed by atoms with van der Waals surface area (Å²) in [6, 6.07) is 1.41. The Morgan fingerprint density at radius 3 is 2.32 bits per heavy atom. The van der Waals surface area contributed by atoms with E-state index in [1.807, 2.05) is 0 Å². The van der Waals surface area contributed by atoms with E-state index in [4.69, 9.17) is 9.47 Å². The van der Waals surface area contributed by atoms with E-state index in [1.165, 1.54) is 32.1 Å². The Labute approximate surface area is 117 Å². The van der Waals surface area contributed by atoms with Gasteiger partial charge in [-0.3, -0.25) is 0 Å².